The second-order valence-electron chi connectivity index (χ2n) is 4.56. The number of rotatable bonds is 4. The molecule has 1 amide bonds. The van der Waals surface area contributed by atoms with Crippen LogP contribution in [0.4, 0.5) is 5.69 Å². The fourth-order valence-electron chi connectivity index (χ4n) is 1.91. The van der Waals surface area contributed by atoms with Crippen molar-refractivity contribution in [3.63, 3.8) is 0 Å². The van der Waals surface area contributed by atoms with E-state index in [2.05, 4.69) is 25.5 Å². The molecule has 2 N–H and O–H groups in total. The van der Waals surface area contributed by atoms with Crippen LogP contribution in [-0.4, -0.2) is 26.1 Å². The maximum atomic E-state index is 12.0. The molecule has 0 unspecified atom stereocenters. The van der Waals surface area contributed by atoms with Crippen molar-refractivity contribution in [3.05, 3.63) is 59.5 Å². The van der Waals surface area contributed by atoms with Crippen LogP contribution >= 0.6 is 11.6 Å². The summed E-state index contributed by atoms with van der Waals surface area (Å²) in [5.41, 5.74) is 1.29. The number of halogens is 1. The molecule has 0 fully saturated rings. The van der Waals surface area contributed by atoms with Crippen LogP contribution in [0.5, 0.6) is 0 Å². The second kappa shape index (κ2) is 6.36. The fraction of sp³-hybridized carbons (Fsp3) is 0.0667. The summed E-state index contributed by atoms with van der Waals surface area (Å²) < 4.78 is 0. The van der Waals surface area contributed by atoms with Gasteiger partial charge in [-0.3, -0.25) is 14.9 Å². The summed E-state index contributed by atoms with van der Waals surface area (Å²) in [7, 11) is 0. The number of nitrogens with one attached hydrogen (secondary N) is 2. The lowest BCUT2D eigenvalue weighted by Crippen LogP contribution is -2.15. The van der Waals surface area contributed by atoms with E-state index in [0.29, 0.717) is 28.1 Å². The van der Waals surface area contributed by atoms with Gasteiger partial charge >= 0.3 is 0 Å². The van der Waals surface area contributed by atoms with E-state index >= 15 is 0 Å². The van der Waals surface area contributed by atoms with Crippen LogP contribution in [0.15, 0.2) is 48.7 Å². The van der Waals surface area contributed by atoms with Crippen LogP contribution in [0.25, 0.3) is 11.5 Å². The molecule has 3 rings (SSSR count). The Morgan fingerprint density at radius 3 is 2.91 bits per heavy atom. The normalized spacial score (nSPS) is 10.4. The number of H-pyrrole nitrogens is 1. The summed E-state index contributed by atoms with van der Waals surface area (Å²) in [5, 5.41) is 10.1. The van der Waals surface area contributed by atoms with Gasteiger partial charge in [0, 0.05) is 16.9 Å². The van der Waals surface area contributed by atoms with E-state index in [4.69, 9.17) is 11.6 Å². The first kappa shape index (κ1) is 14.2. The van der Waals surface area contributed by atoms with Crippen molar-refractivity contribution in [2.24, 2.45) is 0 Å². The van der Waals surface area contributed by atoms with E-state index in [1.165, 1.54) is 0 Å². The average molecular weight is 314 g/mol. The third kappa shape index (κ3) is 3.48. The number of benzene rings is 1. The molecule has 0 aliphatic carbocycles. The molecule has 0 bridgehead atoms. The highest BCUT2D eigenvalue weighted by Crippen LogP contribution is 2.15. The smallest absolute Gasteiger partial charge is 0.232 e. The summed E-state index contributed by atoms with van der Waals surface area (Å²) in [6.07, 6.45) is 1.75. The first-order chi connectivity index (χ1) is 10.7. The van der Waals surface area contributed by atoms with Gasteiger partial charge in [-0.15, -0.1) is 0 Å². The lowest BCUT2D eigenvalue weighted by molar-refractivity contribution is -0.115. The third-order valence-electron chi connectivity index (χ3n) is 2.86. The number of aromatic amines is 1. The van der Waals surface area contributed by atoms with Crippen molar-refractivity contribution in [1.82, 2.24) is 20.2 Å². The highest BCUT2D eigenvalue weighted by atomic mass is 35.5. The third-order valence-corrected chi connectivity index (χ3v) is 3.10. The van der Waals surface area contributed by atoms with Crippen molar-refractivity contribution >= 4 is 23.2 Å². The minimum atomic E-state index is -0.203. The van der Waals surface area contributed by atoms with E-state index in [9.17, 15) is 4.79 Å². The van der Waals surface area contributed by atoms with Gasteiger partial charge in [0.15, 0.2) is 5.82 Å². The van der Waals surface area contributed by atoms with Gasteiger partial charge in [0.25, 0.3) is 0 Å². The molecule has 110 valence electrons. The Bertz CT molecular complexity index is 787. The van der Waals surface area contributed by atoms with Crippen LogP contribution in [0.1, 0.15) is 5.82 Å². The van der Waals surface area contributed by atoms with Crippen LogP contribution in [0, 0.1) is 0 Å². The Labute approximate surface area is 131 Å². The Hall–Kier alpha value is -2.73. The van der Waals surface area contributed by atoms with Crippen LogP contribution in [0.3, 0.4) is 0 Å². The summed E-state index contributed by atoms with van der Waals surface area (Å²) in [6.45, 7) is 0. The van der Waals surface area contributed by atoms with E-state index < -0.39 is 0 Å². The number of amides is 1. The van der Waals surface area contributed by atoms with Gasteiger partial charge in [-0.1, -0.05) is 23.7 Å². The molecule has 1 aromatic carbocycles. The predicted molar refractivity (Wildman–Crippen MR) is 83.4 cm³/mol. The molecule has 22 heavy (non-hydrogen) atoms. The van der Waals surface area contributed by atoms with Crippen molar-refractivity contribution in [3.8, 4) is 11.5 Å². The lowest BCUT2D eigenvalue weighted by Gasteiger charge is -2.03. The van der Waals surface area contributed by atoms with Crippen LogP contribution in [0.2, 0.25) is 5.02 Å². The second-order valence-corrected chi connectivity index (χ2v) is 4.99. The molecular weight excluding hydrogens is 302 g/mol. The SMILES string of the molecule is O=C(Cc1nc(-c2ccccn2)n[nH]1)Nc1cccc(Cl)c1. The van der Waals surface area contributed by atoms with Gasteiger partial charge in [0.1, 0.15) is 11.5 Å². The highest BCUT2D eigenvalue weighted by Gasteiger charge is 2.10. The number of pyridine rings is 1. The van der Waals surface area contributed by atoms with Gasteiger partial charge < -0.3 is 5.32 Å². The Balaban J connectivity index is 1.66. The maximum Gasteiger partial charge on any atom is 0.232 e. The van der Waals surface area contributed by atoms with Crippen molar-refractivity contribution in [2.45, 2.75) is 6.42 Å². The molecular formula is C15H12ClN5O. The van der Waals surface area contributed by atoms with Gasteiger partial charge in [-0.05, 0) is 30.3 Å². The average Bonchev–Trinajstić information content (AvgIpc) is 2.96. The molecule has 0 aliphatic heterocycles. The Morgan fingerprint density at radius 2 is 2.14 bits per heavy atom. The molecule has 0 atom stereocenters. The summed E-state index contributed by atoms with van der Waals surface area (Å²) >= 11 is 5.87. The molecule has 3 aromatic rings. The monoisotopic (exact) mass is 313 g/mol. The fourth-order valence-corrected chi connectivity index (χ4v) is 2.10. The zero-order valence-corrected chi connectivity index (χ0v) is 12.2. The molecule has 2 aromatic heterocycles. The summed E-state index contributed by atoms with van der Waals surface area (Å²) in [4.78, 5) is 20.4. The zero-order valence-electron chi connectivity index (χ0n) is 11.5. The zero-order chi connectivity index (χ0) is 15.4. The van der Waals surface area contributed by atoms with E-state index in [1.54, 1.807) is 36.5 Å². The van der Waals surface area contributed by atoms with Gasteiger partial charge in [-0.2, -0.15) is 5.10 Å². The van der Waals surface area contributed by atoms with E-state index in [1.807, 2.05) is 12.1 Å². The molecule has 0 aliphatic rings. The van der Waals surface area contributed by atoms with Crippen LogP contribution < -0.4 is 5.32 Å². The summed E-state index contributed by atoms with van der Waals surface area (Å²) in [6, 6.07) is 12.4. The number of nitrogens with zero attached hydrogens (tertiary/aromatic N) is 3. The minimum Gasteiger partial charge on any atom is -0.326 e. The van der Waals surface area contributed by atoms with Gasteiger partial charge in [-0.25, -0.2) is 4.98 Å². The van der Waals surface area contributed by atoms with Crippen LogP contribution in [-0.2, 0) is 11.2 Å². The summed E-state index contributed by atoms with van der Waals surface area (Å²) in [5.74, 6) is 0.734. The van der Waals surface area contributed by atoms with E-state index in [-0.39, 0.29) is 12.3 Å². The number of carbonyl (C=O) groups is 1. The number of anilines is 1. The van der Waals surface area contributed by atoms with E-state index in [0.717, 1.165) is 0 Å². The standard InChI is InChI=1S/C15H12ClN5O/c16-10-4-3-5-11(8-10)18-14(22)9-13-19-15(21-20-13)12-6-1-2-7-17-12/h1-8H,9H2,(H,18,22)(H,19,20,21). The first-order valence-corrected chi connectivity index (χ1v) is 6.96. The maximum absolute atomic E-state index is 12.0. The number of carbonyl (C=O) groups excluding carboxylic acids is 1. The molecule has 7 heteroatoms. The topological polar surface area (TPSA) is 83.6 Å². The molecule has 0 saturated heterocycles. The largest absolute Gasteiger partial charge is 0.326 e. The van der Waals surface area contributed by atoms with Crippen molar-refractivity contribution in [1.29, 1.82) is 0 Å². The molecule has 2 heterocycles. The molecule has 6 nitrogen and oxygen atoms in total. The lowest BCUT2D eigenvalue weighted by atomic mass is 10.3. The Kier molecular flexibility index (Phi) is 4.11. The number of aromatic nitrogens is 4. The predicted octanol–water partition coefficient (Wildman–Crippen LogP) is 2.70. The Morgan fingerprint density at radius 1 is 1.23 bits per heavy atom. The van der Waals surface area contributed by atoms with Crippen molar-refractivity contribution in [2.75, 3.05) is 5.32 Å². The molecule has 0 spiro atoms. The molecule has 0 saturated carbocycles. The van der Waals surface area contributed by atoms with Crippen molar-refractivity contribution < 1.29 is 4.79 Å². The highest BCUT2D eigenvalue weighted by molar-refractivity contribution is 6.30. The number of hydrogen-bond donors (Lipinski definition) is 2. The number of hydrogen-bond acceptors (Lipinski definition) is 4. The molecule has 0 radical (unpaired) electrons. The quantitative estimate of drug-likeness (QED) is 0.775. The minimum absolute atomic E-state index is 0.0896. The van der Waals surface area contributed by atoms with Gasteiger partial charge in [0.05, 0.1) is 6.42 Å². The first-order valence-electron chi connectivity index (χ1n) is 6.59. The van der Waals surface area contributed by atoms with Gasteiger partial charge in [0.2, 0.25) is 5.91 Å².